The molecule has 1 rings (SSSR count). The van der Waals surface area contributed by atoms with Crippen LogP contribution in [-0.4, -0.2) is 30.8 Å². The molecule has 0 aliphatic rings. The fourth-order valence-corrected chi connectivity index (χ4v) is 2.25. The summed E-state index contributed by atoms with van der Waals surface area (Å²) in [4.78, 5) is 13.8. The smallest absolute Gasteiger partial charge is 0.159 e. The van der Waals surface area contributed by atoms with Gasteiger partial charge in [-0.3, -0.25) is 4.79 Å². The maximum Gasteiger partial charge on any atom is 0.159 e. The lowest BCUT2D eigenvalue weighted by molar-refractivity contribution is 0.101. The summed E-state index contributed by atoms with van der Waals surface area (Å²) in [5.41, 5.74) is 3.15. The number of Topliss-reactive ketones (excluding diaryl/α,β-unsaturated/α-hetero) is 1. The highest BCUT2D eigenvalue weighted by molar-refractivity contribution is 5.94. The number of likely N-dealkylation sites (N-methyl/N-ethyl adjacent to an activating group) is 1. The molecule has 2 nitrogen and oxygen atoms in total. The molecular weight excluding hydrogens is 306 g/mol. The zero-order chi connectivity index (χ0) is 19.8. The topological polar surface area (TPSA) is 20.3 Å². The molecule has 0 atom stereocenters. The van der Waals surface area contributed by atoms with Crippen LogP contribution in [0.4, 0.5) is 0 Å². The Morgan fingerprint density at radius 1 is 1.08 bits per heavy atom. The normalized spacial score (nSPS) is 10.8. The third-order valence-corrected chi connectivity index (χ3v) is 3.75. The van der Waals surface area contributed by atoms with Crippen LogP contribution in [0.1, 0.15) is 84.2 Å². The van der Waals surface area contributed by atoms with Crippen molar-refractivity contribution in [1.82, 2.24) is 4.90 Å². The van der Waals surface area contributed by atoms with E-state index in [0.717, 1.165) is 30.1 Å². The minimum absolute atomic E-state index is 0.121. The minimum Gasteiger partial charge on any atom is -0.303 e. The Hall–Kier alpha value is -1.41. The van der Waals surface area contributed by atoms with Crippen LogP contribution in [0.3, 0.4) is 0 Å². The lowest BCUT2D eigenvalue weighted by Crippen LogP contribution is -2.20. The number of allylic oxidation sites excluding steroid dienone is 1. The third kappa shape index (κ3) is 12.6. The summed E-state index contributed by atoms with van der Waals surface area (Å²) in [6.45, 7) is 18.4. The van der Waals surface area contributed by atoms with Crippen molar-refractivity contribution < 1.29 is 4.79 Å². The first-order valence-electron chi connectivity index (χ1n) is 9.87. The van der Waals surface area contributed by atoms with E-state index in [2.05, 4.69) is 44.9 Å². The van der Waals surface area contributed by atoms with E-state index in [1.165, 1.54) is 18.4 Å². The monoisotopic (exact) mass is 347 g/mol. The van der Waals surface area contributed by atoms with E-state index in [9.17, 15) is 4.79 Å². The van der Waals surface area contributed by atoms with E-state index < -0.39 is 0 Å². The molecule has 0 amide bonds. The Kier molecular flexibility index (Phi) is 16.6. The highest BCUT2D eigenvalue weighted by Crippen LogP contribution is 2.16. The predicted molar refractivity (Wildman–Crippen MR) is 114 cm³/mol. The van der Waals surface area contributed by atoms with Gasteiger partial charge in [-0.05, 0) is 63.4 Å². The van der Waals surface area contributed by atoms with Crippen LogP contribution < -0.4 is 0 Å². The zero-order valence-electron chi connectivity index (χ0n) is 18.1. The van der Waals surface area contributed by atoms with Crippen molar-refractivity contribution in [1.29, 1.82) is 0 Å². The van der Waals surface area contributed by atoms with Gasteiger partial charge >= 0.3 is 0 Å². The second-order valence-corrected chi connectivity index (χ2v) is 6.32. The van der Waals surface area contributed by atoms with Crippen molar-refractivity contribution in [2.75, 3.05) is 20.1 Å². The van der Waals surface area contributed by atoms with Crippen LogP contribution in [0.15, 0.2) is 30.3 Å². The van der Waals surface area contributed by atoms with Gasteiger partial charge in [-0.2, -0.15) is 0 Å². The molecule has 0 bridgehead atoms. The highest BCUT2D eigenvalue weighted by atomic mass is 16.1. The van der Waals surface area contributed by atoms with E-state index in [4.69, 9.17) is 0 Å². The quantitative estimate of drug-likeness (QED) is 0.487. The number of ketones is 1. The van der Waals surface area contributed by atoms with Gasteiger partial charge in [0, 0.05) is 12.1 Å². The van der Waals surface area contributed by atoms with Crippen molar-refractivity contribution in [2.24, 2.45) is 5.92 Å². The Bertz CT molecular complexity index is 489. The molecule has 0 radical (unpaired) electrons. The van der Waals surface area contributed by atoms with Crippen molar-refractivity contribution >= 4 is 11.4 Å². The molecule has 0 fully saturated rings. The number of carbonyl (C=O) groups excluding carboxylic acids is 1. The first-order valence-corrected chi connectivity index (χ1v) is 9.87. The van der Waals surface area contributed by atoms with Crippen LogP contribution >= 0.6 is 0 Å². The summed E-state index contributed by atoms with van der Waals surface area (Å²) >= 11 is 0. The number of hydrogen-bond acceptors (Lipinski definition) is 2. The van der Waals surface area contributed by atoms with Crippen LogP contribution in [0.5, 0.6) is 0 Å². The number of nitrogens with zero attached hydrogens (tertiary/aromatic N) is 1. The Balaban J connectivity index is 0. The lowest BCUT2D eigenvalue weighted by Gasteiger charge is -2.15. The standard InChI is InChI=1S/C19H29NO.2C2H6/c1-15(2)8-7-12-20(5)13-11-16(3)18-9-6-10-19(14-18)17(4)21;2*1-2/h6,9-11,14-15H,7-8,12-13H2,1-5H3;2*1-2H3/b16-11+;;. The molecule has 1 aromatic carbocycles. The summed E-state index contributed by atoms with van der Waals surface area (Å²) < 4.78 is 0. The molecule has 0 spiro atoms. The first kappa shape index (κ1) is 25.8. The molecule has 0 aliphatic heterocycles. The summed E-state index contributed by atoms with van der Waals surface area (Å²) in [7, 11) is 2.16. The minimum atomic E-state index is 0.121. The Morgan fingerprint density at radius 2 is 1.64 bits per heavy atom. The largest absolute Gasteiger partial charge is 0.303 e. The molecule has 0 N–H and O–H groups in total. The average molecular weight is 348 g/mol. The molecule has 1 aromatic rings. The van der Waals surface area contributed by atoms with Crippen molar-refractivity contribution in [3.8, 4) is 0 Å². The van der Waals surface area contributed by atoms with Gasteiger partial charge in [0.1, 0.15) is 0 Å². The molecule has 2 heteroatoms. The molecular formula is C23H41NO. The molecule has 0 aliphatic carbocycles. The van der Waals surface area contributed by atoms with Crippen LogP contribution in [0.2, 0.25) is 0 Å². The van der Waals surface area contributed by atoms with Gasteiger partial charge in [0.2, 0.25) is 0 Å². The Labute approximate surface area is 157 Å². The van der Waals surface area contributed by atoms with Crippen molar-refractivity contribution in [3.63, 3.8) is 0 Å². The van der Waals surface area contributed by atoms with Crippen LogP contribution in [-0.2, 0) is 0 Å². The van der Waals surface area contributed by atoms with Crippen LogP contribution in [0, 0.1) is 5.92 Å². The molecule has 0 aromatic heterocycles. The average Bonchev–Trinajstić information content (AvgIpc) is 2.62. The summed E-state index contributed by atoms with van der Waals surface area (Å²) in [5.74, 6) is 0.903. The van der Waals surface area contributed by atoms with Crippen molar-refractivity contribution in [2.45, 2.75) is 68.2 Å². The SMILES string of the molecule is CC.CC.CC(=O)c1cccc(/C(C)=C/CN(C)CCCC(C)C)c1. The van der Waals surface area contributed by atoms with Gasteiger partial charge < -0.3 is 4.90 Å². The predicted octanol–water partition coefficient (Wildman–Crippen LogP) is 6.71. The van der Waals surface area contributed by atoms with Gasteiger partial charge in [0.05, 0.1) is 0 Å². The first-order chi connectivity index (χ1) is 11.9. The number of benzene rings is 1. The van der Waals surface area contributed by atoms with Gasteiger partial charge in [-0.25, -0.2) is 0 Å². The van der Waals surface area contributed by atoms with Gasteiger partial charge in [-0.15, -0.1) is 0 Å². The summed E-state index contributed by atoms with van der Waals surface area (Å²) in [6, 6.07) is 7.87. The fraction of sp³-hybridized carbons (Fsp3) is 0.609. The molecule has 0 unspecified atom stereocenters. The summed E-state index contributed by atoms with van der Waals surface area (Å²) in [6.07, 6.45) is 4.78. The lowest BCUT2D eigenvalue weighted by atomic mass is 10.0. The second-order valence-electron chi connectivity index (χ2n) is 6.32. The van der Waals surface area contributed by atoms with E-state index >= 15 is 0 Å². The van der Waals surface area contributed by atoms with E-state index in [-0.39, 0.29) is 5.78 Å². The second kappa shape index (κ2) is 16.1. The van der Waals surface area contributed by atoms with E-state index in [0.29, 0.717) is 0 Å². The van der Waals surface area contributed by atoms with Crippen LogP contribution in [0.25, 0.3) is 5.57 Å². The van der Waals surface area contributed by atoms with Gasteiger partial charge in [0.15, 0.2) is 5.78 Å². The fourth-order valence-electron chi connectivity index (χ4n) is 2.25. The highest BCUT2D eigenvalue weighted by Gasteiger charge is 2.03. The molecule has 144 valence electrons. The number of carbonyl (C=O) groups is 1. The third-order valence-electron chi connectivity index (χ3n) is 3.75. The Morgan fingerprint density at radius 3 is 2.16 bits per heavy atom. The molecule has 0 saturated carbocycles. The zero-order valence-corrected chi connectivity index (χ0v) is 18.1. The number of rotatable bonds is 8. The van der Waals surface area contributed by atoms with E-state index in [1.807, 2.05) is 45.9 Å². The molecule has 25 heavy (non-hydrogen) atoms. The molecule has 0 heterocycles. The maximum absolute atomic E-state index is 11.4. The number of hydrogen-bond donors (Lipinski definition) is 0. The van der Waals surface area contributed by atoms with Gasteiger partial charge in [0.25, 0.3) is 0 Å². The van der Waals surface area contributed by atoms with Crippen molar-refractivity contribution in [3.05, 3.63) is 41.5 Å². The molecule has 0 saturated heterocycles. The summed E-state index contributed by atoms with van der Waals surface area (Å²) in [5, 5.41) is 0. The maximum atomic E-state index is 11.4. The van der Waals surface area contributed by atoms with Gasteiger partial charge in [-0.1, -0.05) is 65.8 Å². The van der Waals surface area contributed by atoms with E-state index in [1.54, 1.807) is 6.92 Å².